The maximum Gasteiger partial charge on any atom is 0.326 e. The molecular weight excluding hydrogens is 789 g/mol. The van der Waals surface area contributed by atoms with Gasteiger partial charge in [0, 0.05) is 19.3 Å². The van der Waals surface area contributed by atoms with Crippen LogP contribution in [0.4, 0.5) is 0 Å². The summed E-state index contributed by atoms with van der Waals surface area (Å²) in [7, 11) is 0. The van der Waals surface area contributed by atoms with Gasteiger partial charge in [0.1, 0.15) is 36.3 Å². The number of hydrogen-bond acceptors (Lipinski definition) is 10. The van der Waals surface area contributed by atoms with Crippen molar-refractivity contribution < 1.29 is 48.6 Å². The Hall–Kier alpha value is -5.88. The quantitative estimate of drug-likeness (QED) is 0.0550. The third-order valence-electron chi connectivity index (χ3n) is 9.74. The van der Waals surface area contributed by atoms with Crippen LogP contribution in [-0.2, 0) is 51.2 Å². The van der Waals surface area contributed by atoms with Crippen molar-refractivity contribution >= 4 is 47.4 Å². The summed E-state index contributed by atoms with van der Waals surface area (Å²) in [6.07, 6.45) is 1.01. The highest BCUT2D eigenvalue weighted by atomic mass is 16.4. The van der Waals surface area contributed by atoms with Crippen LogP contribution in [0.5, 0.6) is 0 Å². The number of carbonyl (C=O) groups is 8. The maximum absolute atomic E-state index is 14.2. The highest BCUT2D eigenvalue weighted by Crippen LogP contribution is 2.12. The number of nitrogens with one attached hydrogen (secondary N) is 6. The number of unbranched alkanes of at least 4 members (excludes halogenated alkanes) is 1. The smallest absolute Gasteiger partial charge is 0.326 e. The molecule has 0 spiro atoms. The number of aliphatic carboxylic acids is 2. The Morgan fingerprint density at radius 3 is 1.51 bits per heavy atom. The van der Waals surface area contributed by atoms with Crippen molar-refractivity contribution in [3.05, 3.63) is 71.8 Å². The predicted molar refractivity (Wildman–Crippen MR) is 227 cm³/mol. The minimum absolute atomic E-state index is 0.0151. The van der Waals surface area contributed by atoms with E-state index in [2.05, 4.69) is 31.9 Å². The first-order chi connectivity index (χ1) is 28.8. The molecule has 0 aliphatic heterocycles. The van der Waals surface area contributed by atoms with Crippen LogP contribution in [0.1, 0.15) is 84.3 Å². The Bertz CT molecular complexity index is 1760. The standard InChI is InChI=1S/C43H64N8O10/c1-25(2)22-32(48-38(55)30(45)18-12-13-21-44)41(58)51-36(26(3)4)42(59)50-34(24-29-16-10-7-11-17-29)40(57)49-33(23-28-14-8-6-9-15-28)39(56)46-27(5)37(54)47-31(43(60)61)19-20-35(52)53/h6-11,14-17,25-27,30-34,36H,12-13,18-24,44-45H2,1-5H3,(H,46,56)(H,47,54)(H,48,55)(H,49,57)(H,50,59)(H,51,58)(H,52,53)(H,60,61)/t27-,30-,31-,32-,33-,34-,36-/m0/s1. The number of carboxylic acids is 2. The molecule has 18 nitrogen and oxygen atoms in total. The van der Waals surface area contributed by atoms with Gasteiger partial charge in [-0.15, -0.1) is 0 Å². The number of rotatable bonds is 27. The van der Waals surface area contributed by atoms with Gasteiger partial charge in [-0.2, -0.15) is 0 Å². The molecule has 0 aromatic heterocycles. The largest absolute Gasteiger partial charge is 0.481 e. The third kappa shape index (κ3) is 18.9. The maximum atomic E-state index is 14.2. The lowest BCUT2D eigenvalue weighted by Gasteiger charge is -2.29. The van der Waals surface area contributed by atoms with Gasteiger partial charge in [-0.3, -0.25) is 33.6 Å². The van der Waals surface area contributed by atoms with Crippen LogP contribution >= 0.6 is 0 Å². The van der Waals surface area contributed by atoms with Crippen molar-refractivity contribution in [2.75, 3.05) is 6.54 Å². The minimum atomic E-state index is -1.53. The molecule has 0 saturated carbocycles. The van der Waals surface area contributed by atoms with Gasteiger partial charge in [0.2, 0.25) is 35.4 Å². The summed E-state index contributed by atoms with van der Waals surface area (Å²) in [4.78, 5) is 104. The highest BCUT2D eigenvalue weighted by Gasteiger charge is 2.34. The minimum Gasteiger partial charge on any atom is -0.481 e. The molecule has 0 aliphatic rings. The van der Waals surface area contributed by atoms with E-state index in [4.69, 9.17) is 16.6 Å². The average Bonchev–Trinajstić information content (AvgIpc) is 3.20. The second-order valence-electron chi connectivity index (χ2n) is 15.9. The monoisotopic (exact) mass is 852 g/mol. The molecule has 336 valence electrons. The van der Waals surface area contributed by atoms with Gasteiger partial charge < -0.3 is 53.6 Å². The van der Waals surface area contributed by atoms with Crippen molar-refractivity contribution in [3.8, 4) is 0 Å². The van der Waals surface area contributed by atoms with Gasteiger partial charge in [0.05, 0.1) is 6.04 Å². The molecule has 6 amide bonds. The van der Waals surface area contributed by atoms with E-state index in [1.807, 2.05) is 13.8 Å². The summed E-state index contributed by atoms with van der Waals surface area (Å²) >= 11 is 0. The molecule has 0 aliphatic carbocycles. The van der Waals surface area contributed by atoms with E-state index in [-0.39, 0.29) is 31.6 Å². The Kier molecular flexibility index (Phi) is 22.1. The molecular formula is C43H64N8O10. The van der Waals surface area contributed by atoms with Gasteiger partial charge in [0.15, 0.2) is 0 Å². The van der Waals surface area contributed by atoms with Crippen molar-refractivity contribution in [2.24, 2.45) is 23.3 Å². The van der Waals surface area contributed by atoms with Crippen LogP contribution in [0.25, 0.3) is 0 Å². The van der Waals surface area contributed by atoms with Gasteiger partial charge in [-0.25, -0.2) is 4.79 Å². The molecule has 0 fully saturated rings. The normalized spacial score (nSPS) is 14.6. The summed E-state index contributed by atoms with van der Waals surface area (Å²) in [5, 5.41) is 34.2. The first-order valence-corrected chi connectivity index (χ1v) is 20.6. The molecule has 18 heteroatoms. The summed E-state index contributed by atoms with van der Waals surface area (Å²) in [5.74, 6) is -7.46. The van der Waals surface area contributed by atoms with Gasteiger partial charge in [0.25, 0.3) is 0 Å². The van der Waals surface area contributed by atoms with Crippen LogP contribution in [0, 0.1) is 11.8 Å². The number of hydrogen-bond donors (Lipinski definition) is 10. The molecule has 2 rings (SSSR count). The van der Waals surface area contributed by atoms with Crippen molar-refractivity contribution in [3.63, 3.8) is 0 Å². The number of carbonyl (C=O) groups excluding carboxylic acids is 6. The van der Waals surface area contributed by atoms with E-state index in [0.29, 0.717) is 36.9 Å². The fraction of sp³-hybridized carbons (Fsp3) is 0.535. The molecule has 0 saturated heterocycles. The first-order valence-electron chi connectivity index (χ1n) is 20.6. The Balaban J connectivity index is 2.37. The van der Waals surface area contributed by atoms with E-state index in [1.165, 1.54) is 6.92 Å². The van der Waals surface area contributed by atoms with Gasteiger partial charge >= 0.3 is 11.9 Å². The molecule has 0 unspecified atom stereocenters. The van der Waals surface area contributed by atoms with Crippen LogP contribution in [-0.4, -0.2) is 106 Å². The van der Waals surface area contributed by atoms with E-state index >= 15 is 0 Å². The number of nitrogens with two attached hydrogens (primary N) is 2. The van der Waals surface area contributed by atoms with Crippen LogP contribution < -0.4 is 43.4 Å². The van der Waals surface area contributed by atoms with Crippen LogP contribution in [0.3, 0.4) is 0 Å². The van der Waals surface area contributed by atoms with Crippen LogP contribution in [0.15, 0.2) is 60.7 Å². The van der Waals surface area contributed by atoms with Crippen molar-refractivity contribution in [1.82, 2.24) is 31.9 Å². The Morgan fingerprint density at radius 1 is 0.557 bits per heavy atom. The van der Waals surface area contributed by atoms with E-state index in [9.17, 15) is 43.5 Å². The summed E-state index contributed by atoms with van der Waals surface area (Å²) in [6.45, 7) is 8.95. The molecule has 0 radical (unpaired) electrons. The summed E-state index contributed by atoms with van der Waals surface area (Å²) in [5.41, 5.74) is 13.0. The van der Waals surface area contributed by atoms with Crippen molar-refractivity contribution in [1.29, 1.82) is 0 Å². The molecule has 0 heterocycles. The summed E-state index contributed by atoms with van der Waals surface area (Å²) < 4.78 is 0. The molecule has 12 N–H and O–H groups in total. The fourth-order valence-electron chi connectivity index (χ4n) is 6.26. The zero-order chi connectivity index (χ0) is 45.6. The highest BCUT2D eigenvalue weighted by molar-refractivity contribution is 5.97. The molecule has 7 atom stereocenters. The fourth-order valence-corrected chi connectivity index (χ4v) is 6.26. The van der Waals surface area contributed by atoms with Crippen LogP contribution in [0.2, 0.25) is 0 Å². The second-order valence-corrected chi connectivity index (χ2v) is 15.9. The molecule has 2 aromatic carbocycles. The SMILES string of the molecule is CC(C)C[C@H](NC(=O)[C@@H](N)CCCCN)C(=O)N[C@H](C(=O)N[C@@H](Cc1ccccc1)C(=O)N[C@@H](Cc1ccccc1)C(=O)N[C@@H](C)C(=O)N[C@@H](CCC(=O)O)C(=O)O)C(C)C. The summed E-state index contributed by atoms with van der Waals surface area (Å²) in [6, 6.07) is 9.06. The predicted octanol–water partition coefficient (Wildman–Crippen LogP) is 0.508. The molecule has 61 heavy (non-hydrogen) atoms. The second kappa shape index (κ2) is 26.4. The van der Waals surface area contributed by atoms with Gasteiger partial charge in [-0.1, -0.05) is 94.8 Å². The number of amides is 6. The van der Waals surface area contributed by atoms with E-state index < -0.39 is 102 Å². The zero-order valence-corrected chi connectivity index (χ0v) is 35.6. The lowest BCUT2D eigenvalue weighted by Crippen LogP contribution is -2.61. The number of benzene rings is 2. The molecule has 2 aromatic rings. The lowest BCUT2D eigenvalue weighted by molar-refractivity contribution is -0.143. The first kappa shape index (κ1) is 51.3. The zero-order valence-electron chi connectivity index (χ0n) is 35.6. The molecule has 0 bridgehead atoms. The van der Waals surface area contributed by atoms with Crippen molar-refractivity contribution in [2.45, 2.75) is 128 Å². The topological polar surface area (TPSA) is 301 Å². The Morgan fingerprint density at radius 2 is 1.03 bits per heavy atom. The Labute approximate surface area is 357 Å². The number of carboxylic acid groups (broad SMARTS) is 2. The third-order valence-corrected chi connectivity index (χ3v) is 9.74. The lowest BCUT2D eigenvalue weighted by atomic mass is 9.98. The van der Waals surface area contributed by atoms with Gasteiger partial charge in [-0.05, 0) is 62.1 Å². The van der Waals surface area contributed by atoms with E-state index in [1.54, 1.807) is 74.5 Å². The van der Waals surface area contributed by atoms with E-state index in [0.717, 1.165) is 0 Å². The average molecular weight is 853 g/mol.